The van der Waals surface area contributed by atoms with Gasteiger partial charge in [-0.15, -0.1) is 0 Å². The van der Waals surface area contributed by atoms with Crippen LogP contribution in [0.25, 0.3) is 0 Å². The van der Waals surface area contributed by atoms with Crippen molar-refractivity contribution in [3.63, 3.8) is 0 Å². The van der Waals surface area contributed by atoms with Gasteiger partial charge in [0, 0.05) is 12.1 Å². The summed E-state index contributed by atoms with van der Waals surface area (Å²) < 4.78 is 24.4. The highest BCUT2D eigenvalue weighted by atomic mass is 19.3. The van der Waals surface area contributed by atoms with Crippen LogP contribution in [0.15, 0.2) is 12.1 Å². The molecule has 0 atom stereocenters. The van der Waals surface area contributed by atoms with E-state index in [0.29, 0.717) is 6.07 Å². The van der Waals surface area contributed by atoms with E-state index in [0.717, 1.165) is 6.07 Å². The van der Waals surface area contributed by atoms with Crippen molar-refractivity contribution in [1.29, 1.82) is 0 Å². The van der Waals surface area contributed by atoms with Crippen molar-refractivity contribution in [3.05, 3.63) is 33.6 Å². The molecule has 1 aromatic heterocycles. The van der Waals surface area contributed by atoms with Crippen LogP contribution in [-0.2, 0) is 0 Å². The van der Waals surface area contributed by atoms with E-state index in [1.807, 2.05) is 0 Å². The van der Waals surface area contributed by atoms with Crippen molar-refractivity contribution in [1.82, 2.24) is 4.98 Å². The van der Waals surface area contributed by atoms with Crippen LogP contribution in [0.4, 0.5) is 14.5 Å². The second kappa shape index (κ2) is 3.95. The Bertz CT molecular complexity index is 390. The van der Waals surface area contributed by atoms with E-state index < -0.39 is 34.3 Å². The lowest BCUT2D eigenvalue weighted by molar-refractivity contribution is -0.385. The highest BCUT2D eigenvalue weighted by Gasteiger charge is 2.18. The monoisotopic (exact) mass is 217 g/mol. The summed E-state index contributed by atoms with van der Waals surface area (Å²) in [6.07, 6.45) is -3.00. The van der Waals surface area contributed by atoms with Crippen molar-refractivity contribution in [2.45, 2.75) is 6.43 Å². The summed E-state index contributed by atoms with van der Waals surface area (Å²) in [5, 5.41) is 10.3. The maximum Gasteiger partial charge on any atom is 0.280 e. The SMILES string of the molecule is NC(=O)c1cc([N+](=O)[O-])cc(C(F)F)n1. The van der Waals surface area contributed by atoms with E-state index in [1.54, 1.807) is 0 Å². The molecule has 8 heteroatoms. The Morgan fingerprint density at radius 2 is 2.13 bits per heavy atom. The van der Waals surface area contributed by atoms with Gasteiger partial charge < -0.3 is 5.73 Å². The number of nitro groups is 1. The van der Waals surface area contributed by atoms with Gasteiger partial charge in [0.15, 0.2) is 0 Å². The number of hydrogen-bond donors (Lipinski definition) is 1. The fourth-order valence-corrected chi connectivity index (χ4v) is 0.880. The zero-order valence-electron chi connectivity index (χ0n) is 7.18. The lowest BCUT2D eigenvalue weighted by Crippen LogP contribution is -2.14. The van der Waals surface area contributed by atoms with Gasteiger partial charge in [0.2, 0.25) is 0 Å². The molecule has 1 rings (SSSR count). The van der Waals surface area contributed by atoms with Gasteiger partial charge in [-0.3, -0.25) is 14.9 Å². The third kappa shape index (κ3) is 2.42. The molecular formula is C7H5F2N3O3. The molecule has 0 unspecified atom stereocenters. The lowest BCUT2D eigenvalue weighted by atomic mass is 10.2. The summed E-state index contributed by atoms with van der Waals surface area (Å²) in [6, 6.07) is 1.34. The Morgan fingerprint density at radius 1 is 1.53 bits per heavy atom. The molecule has 1 heterocycles. The molecule has 0 aromatic carbocycles. The molecule has 1 aromatic rings. The van der Waals surface area contributed by atoms with Crippen molar-refractivity contribution in [2.24, 2.45) is 5.73 Å². The molecule has 2 N–H and O–H groups in total. The first-order valence-corrected chi connectivity index (χ1v) is 3.66. The maximum atomic E-state index is 12.2. The molecule has 0 aliphatic carbocycles. The number of primary amides is 1. The van der Waals surface area contributed by atoms with E-state index in [9.17, 15) is 23.7 Å². The van der Waals surface area contributed by atoms with Crippen LogP contribution >= 0.6 is 0 Å². The molecule has 80 valence electrons. The maximum absolute atomic E-state index is 12.2. The Labute approximate surface area is 81.9 Å². The summed E-state index contributed by atoms with van der Waals surface area (Å²) in [5.74, 6) is -1.10. The normalized spacial score (nSPS) is 10.3. The summed E-state index contributed by atoms with van der Waals surface area (Å²) >= 11 is 0. The van der Waals surface area contributed by atoms with Crippen LogP contribution in [-0.4, -0.2) is 15.8 Å². The van der Waals surface area contributed by atoms with Gasteiger partial charge in [0.05, 0.1) is 4.92 Å². The number of halogens is 2. The van der Waals surface area contributed by atoms with Crippen LogP contribution in [0.2, 0.25) is 0 Å². The fourth-order valence-electron chi connectivity index (χ4n) is 0.880. The first-order valence-electron chi connectivity index (χ1n) is 3.66. The van der Waals surface area contributed by atoms with Gasteiger partial charge in [-0.05, 0) is 0 Å². The molecule has 0 radical (unpaired) electrons. The molecule has 1 amide bonds. The van der Waals surface area contributed by atoms with E-state index in [1.165, 1.54) is 0 Å². The van der Waals surface area contributed by atoms with E-state index in [4.69, 9.17) is 5.73 Å². The summed E-state index contributed by atoms with van der Waals surface area (Å²) in [6.45, 7) is 0. The number of pyridine rings is 1. The predicted molar refractivity (Wildman–Crippen MR) is 44.4 cm³/mol. The molecule has 0 spiro atoms. The van der Waals surface area contributed by atoms with Gasteiger partial charge in [-0.2, -0.15) is 0 Å². The summed E-state index contributed by atoms with van der Waals surface area (Å²) in [4.78, 5) is 23.3. The predicted octanol–water partition coefficient (Wildman–Crippen LogP) is 1.03. The smallest absolute Gasteiger partial charge is 0.280 e. The fraction of sp³-hybridized carbons (Fsp3) is 0.143. The lowest BCUT2D eigenvalue weighted by Gasteiger charge is -2.01. The first-order chi connectivity index (χ1) is 6.91. The third-order valence-electron chi connectivity index (χ3n) is 1.52. The van der Waals surface area contributed by atoms with Gasteiger partial charge in [-0.1, -0.05) is 0 Å². The van der Waals surface area contributed by atoms with Crippen LogP contribution in [0.1, 0.15) is 22.6 Å². The topological polar surface area (TPSA) is 99.1 Å². The number of carbonyl (C=O) groups excluding carboxylic acids is 1. The third-order valence-corrected chi connectivity index (χ3v) is 1.52. The van der Waals surface area contributed by atoms with E-state index in [2.05, 4.69) is 4.98 Å². The number of nitrogens with two attached hydrogens (primary N) is 1. The van der Waals surface area contributed by atoms with Crippen LogP contribution in [0.5, 0.6) is 0 Å². The van der Waals surface area contributed by atoms with Crippen molar-refractivity contribution >= 4 is 11.6 Å². The molecule has 0 fully saturated rings. The van der Waals surface area contributed by atoms with Crippen molar-refractivity contribution in [3.8, 4) is 0 Å². The average molecular weight is 217 g/mol. The largest absolute Gasteiger partial charge is 0.364 e. The van der Waals surface area contributed by atoms with E-state index in [-0.39, 0.29) is 0 Å². The minimum absolute atomic E-state index is 0.556. The van der Waals surface area contributed by atoms with Gasteiger partial charge in [0.25, 0.3) is 18.0 Å². The number of nitrogens with zero attached hydrogens (tertiary/aromatic N) is 2. The summed E-state index contributed by atoms with van der Waals surface area (Å²) in [5.41, 5.74) is 2.73. The number of hydrogen-bond acceptors (Lipinski definition) is 4. The second-order valence-corrected chi connectivity index (χ2v) is 2.56. The Hall–Kier alpha value is -2.12. The first kappa shape index (κ1) is 11.0. The zero-order chi connectivity index (χ0) is 11.6. The standard InChI is InChI=1S/C7H5F2N3O3/c8-6(9)4-1-3(12(14)15)2-5(11-4)7(10)13/h1-2,6H,(H2,10,13). The second-order valence-electron chi connectivity index (χ2n) is 2.56. The molecule has 0 saturated heterocycles. The van der Waals surface area contributed by atoms with E-state index >= 15 is 0 Å². The molecule has 15 heavy (non-hydrogen) atoms. The summed E-state index contributed by atoms with van der Waals surface area (Å²) in [7, 11) is 0. The zero-order valence-corrected chi connectivity index (χ0v) is 7.18. The quantitative estimate of drug-likeness (QED) is 0.603. The van der Waals surface area contributed by atoms with Crippen LogP contribution in [0, 0.1) is 10.1 Å². The minimum atomic E-state index is -3.00. The highest BCUT2D eigenvalue weighted by molar-refractivity contribution is 5.91. The Balaban J connectivity index is 3.32. The van der Waals surface area contributed by atoms with Gasteiger partial charge in [-0.25, -0.2) is 13.8 Å². The average Bonchev–Trinajstić information content (AvgIpc) is 2.16. The van der Waals surface area contributed by atoms with Crippen LogP contribution in [0.3, 0.4) is 0 Å². The number of rotatable bonds is 3. The highest BCUT2D eigenvalue weighted by Crippen LogP contribution is 2.22. The van der Waals surface area contributed by atoms with Gasteiger partial charge in [0.1, 0.15) is 11.4 Å². The molecule has 0 saturated carbocycles. The van der Waals surface area contributed by atoms with Crippen molar-refractivity contribution < 1.29 is 18.5 Å². The molecule has 0 aliphatic heterocycles. The van der Waals surface area contributed by atoms with Crippen molar-refractivity contribution in [2.75, 3.05) is 0 Å². The number of amides is 1. The Morgan fingerprint density at radius 3 is 2.53 bits per heavy atom. The Kier molecular flexibility index (Phi) is 2.88. The number of aromatic nitrogens is 1. The van der Waals surface area contributed by atoms with Crippen LogP contribution < -0.4 is 5.73 Å². The number of carbonyl (C=O) groups is 1. The molecular weight excluding hydrogens is 212 g/mol. The molecule has 0 aliphatic rings. The molecule has 6 nitrogen and oxygen atoms in total. The molecule has 0 bridgehead atoms. The minimum Gasteiger partial charge on any atom is -0.364 e. The number of alkyl halides is 2. The van der Waals surface area contributed by atoms with Gasteiger partial charge >= 0.3 is 0 Å².